The van der Waals surface area contributed by atoms with Gasteiger partial charge in [-0.15, -0.1) is 0 Å². The van der Waals surface area contributed by atoms with E-state index >= 15 is 0 Å². The van der Waals surface area contributed by atoms with Gasteiger partial charge in [0.15, 0.2) is 0 Å². The summed E-state index contributed by atoms with van der Waals surface area (Å²) >= 11 is 6.11. The van der Waals surface area contributed by atoms with Gasteiger partial charge in [-0.2, -0.15) is 0 Å². The van der Waals surface area contributed by atoms with Gasteiger partial charge in [-0.3, -0.25) is 0 Å². The summed E-state index contributed by atoms with van der Waals surface area (Å²) in [6, 6.07) is 12.1. The fourth-order valence-corrected chi connectivity index (χ4v) is 2.29. The van der Waals surface area contributed by atoms with E-state index in [1.807, 2.05) is 31.2 Å². The zero-order valence-corrected chi connectivity index (χ0v) is 10.9. The lowest BCUT2D eigenvalue weighted by Gasteiger charge is -2.15. The van der Waals surface area contributed by atoms with Crippen LogP contribution in [0.5, 0.6) is 0 Å². The van der Waals surface area contributed by atoms with Crippen molar-refractivity contribution in [2.75, 3.05) is 0 Å². The molecule has 0 bridgehead atoms. The van der Waals surface area contributed by atoms with Gasteiger partial charge in [-0.05, 0) is 48.2 Å². The van der Waals surface area contributed by atoms with Crippen LogP contribution in [0.2, 0.25) is 5.02 Å². The van der Waals surface area contributed by atoms with Crippen LogP contribution in [0.1, 0.15) is 22.7 Å². The molecular weight excluding hydrogens is 249 g/mol. The van der Waals surface area contributed by atoms with E-state index in [9.17, 15) is 4.39 Å². The van der Waals surface area contributed by atoms with Crippen LogP contribution >= 0.6 is 11.6 Å². The van der Waals surface area contributed by atoms with Gasteiger partial charge in [0.25, 0.3) is 0 Å². The first-order chi connectivity index (χ1) is 8.58. The van der Waals surface area contributed by atoms with Gasteiger partial charge in [0, 0.05) is 11.1 Å². The summed E-state index contributed by atoms with van der Waals surface area (Å²) in [7, 11) is 0. The van der Waals surface area contributed by atoms with Crippen LogP contribution in [-0.2, 0) is 6.42 Å². The van der Waals surface area contributed by atoms with E-state index in [4.69, 9.17) is 17.3 Å². The van der Waals surface area contributed by atoms with Crippen molar-refractivity contribution in [2.24, 2.45) is 5.73 Å². The molecule has 2 rings (SSSR count). The number of hydrogen-bond donors (Lipinski definition) is 1. The molecule has 1 nitrogen and oxygen atoms in total. The normalized spacial score (nSPS) is 12.4. The number of rotatable bonds is 3. The smallest absolute Gasteiger partial charge is 0.123 e. The maximum atomic E-state index is 13.0. The molecule has 18 heavy (non-hydrogen) atoms. The van der Waals surface area contributed by atoms with Crippen LogP contribution < -0.4 is 5.73 Å². The van der Waals surface area contributed by atoms with Gasteiger partial charge in [0.1, 0.15) is 5.82 Å². The Morgan fingerprint density at radius 1 is 1.22 bits per heavy atom. The molecule has 2 aromatic carbocycles. The first-order valence-electron chi connectivity index (χ1n) is 5.83. The van der Waals surface area contributed by atoms with Crippen molar-refractivity contribution in [1.82, 2.24) is 0 Å². The molecule has 1 unspecified atom stereocenters. The molecule has 0 radical (unpaired) electrons. The Morgan fingerprint density at radius 3 is 2.61 bits per heavy atom. The number of aryl methyl sites for hydroxylation is 1. The minimum Gasteiger partial charge on any atom is -0.324 e. The quantitative estimate of drug-likeness (QED) is 0.889. The molecule has 0 amide bonds. The highest BCUT2D eigenvalue weighted by atomic mass is 35.5. The Bertz CT molecular complexity index is 554. The predicted molar refractivity (Wildman–Crippen MR) is 73.2 cm³/mol. The molecule has 0 aliphatic carbocycles. The molecule has 0 aliphatic heterocycles. The highest BCUT2D eigenvalue weighted by molar-refractivity contribution is 6.31. The molecule has 94 valence electrons. The van der Waals surface area contributed by atoms with Crippen molar-refractivity contribution >= 4 is 11.6 Å². The molecule has 0 fully saturated rings. The van der Waals surface area contributed by atoms with Gasteiger partial charge < -0.3 is 5.73 Å². The van der Waals surface area contributed by atoms with Crippen molar-refractivity contribution in [1.29, 1.82) is 0 Å². The molecule has 0 spiro atoms. The zero-order valence-electron chi connectivity index (χ0n) is 10.2. The summed E-state index contributed by atoms with van der Waals surface area (Å²) < 4.78 is 13.0. The highest BCUT2D eigenvalue weighted by Gasteiger charge is 2.11. The van der Waals surface area contributed by atoms with Gasteiger partial charge in [-0.1, -0.05) is 35.9 Å². The van der Waals surface area contributed by atoms with E-state index in [0.717, 1.165) is 16.7 Å². The van der Waals surface area contributed by atoms with Gasteiger partial charge in [0.2, 0.25) is 0 Å². The van der Waals surface area contributed by atoms with Crippen molar-refractivity contribution in [2.45, 2.75) is 19.4 Å². The lowest BCUT2D eigenvalue weighted by Crippen LogP contribution is -2.14. The van der Waals surface area contributed by atoms with Crippen LogP contribution in [0.25, 0.3) is 0 Å². The molecule has 0 saturated carbocycles. The van der Waals surface area contributed by atoms with E-state index in [-0.39, 0.29) is 11.9 Å². The standard InChI is InChI=1S/C15H15ClFN/c1-10-8-12(17)7-6-11(10)9-15(18)13-4-2-3-5-14(13)16/h2-8,15H,9,18H2,1H3. The fourth-order valence-electron chi connectivity index (χ4n) is 2.01. The van der Waals surface area contributed by atoms with Crippen molar-refractivity contribution in [3.05, 3.63) is 70.0 Å². The third-order valence-electron chi connectivity index (χ3n) is 3.05. The Balaban J connectivity index is 2.21. The highest BCUT2D eigenvalue weighted by Crippen LogP contribution is 2.24. The number of halogens is 2. The second-order valence-corrected chi connectivity index (χ2v) is 4.81. The molecule has 0 aliphatic rings. The van der Waals surface area contributed by atoms with Crippen molar-refractivity contribution < 1.29 is 4.39 Å². The van der Waals surface area contributed by atoms with Crippen LogP contribution in [0.3, 0.4) is 0 Å². The summed E-state index contributed by atoms with van der Waals surface area (Å²) in [6.45, 7) is 1.89. The molecule has 2 aromatic rings. The largest absolute Gasteiger partial charge is 0.324 e. The Hall–Kier alpha value is -1.38. The average molecular weight is 264 g/mol. The molecule has 1 atom stereocenters. The second-order valence-electron chi connectivity index (χ2n) is 4.40. The first kappa shape index (κ1) is 13.1. The first-order valence-corrected chi connectivity index (χ1v) is 6.21. The number of benzene rings is 2. The average Bonchev–Trinajstić information content (AvgIpc) is 2.33. The summed E-state index contributed by atoms with van der Waals surface area (Å²) in [4.78, 5) is 0. The van der Waals surface area contributed by atoms with E-state index < -0.39 is 0 Å². The minimum atomic E-state index is -0.220. The maximum absolute atomic E-state index is 13.0. The fraction of sp³-hybridized carbons (Fsp3) is 0.200. The Kier molecular flexibility index (Phi) is 4.00. The summed E-state index contributed by atoms with van der Waals surface area (Å²) in [5.74, 6) is -0.220. The van der Waals surface area contributed by atoms with Crippen molar-refractivity contribution in [3.63, 3.8) is 0 Å². The van der Waals surface area contributed by atoms with Gasteiger partial charge in [0.05, 0.1) is 0 Å². The SMILES string of the molecule is Cc1cc(F)ccc1CC(N)c1ccccc1Cl. The topological polar surface area (TPSA) is 26.0 Å². The molecule has 0 heterocycles. The molecular formula is C15H15ClFN. The summed E-state index contributed by atoms with van der Waals surface area (Å²) in [5, 5.41) is 0.671. The van der Waals surface area contributed by atoms with E-state index in [1.165, 1.54) is 12.1 Å². The van der Waals surface area contributed by atoms with Crippen LogP contribution in [0.15, 0.2) is 42.5 Å². The monoisotopic (exact) mass is 263 g/mol. The van der Waals surface area contributed by atoms with Crippen LogP contribution in [-0.4, -0.2) is 0 Å². The van der Waals surface area contributed by atoms with Crippen LogP contribution in [0, 0.1) is 12.7 Å². The minimum absolute atomic E-state index is 0.178. The van der Waals surface area contributed by atoms with E-state index in [1.54, 1.807) is 6.07 Å². The summed E-state index contributed by atoms with van der Waals surface area (Å²) in [6.07, 6.45) is 0.649. The molecule has 3 heteroatoms. The lowest BCUT2D eigenvalue weighted by molar-refractivity contribution is 0.624. The number of hydrogen-bond acceptors (Lipinski definition) is 1. The summed E-state index contributed by atoms with van der Waals surface area (Å²) in [5.41, 5.74) is 9.04. The zero-order chi connectivity index (χ0) is 13.1. The number of nitrogens with two attached hydrogens (primary N) is 1. The van der Waals surface area contributed by atoms with Gasteiger partial charge in [-0.25, -0.2) is 4.39 Å². The molecule has 0 saturated heterocycles. The maximum Gasteiger partial charge on any atom is 0.123 e. The van der Waals surface area contributed by atoms with Crippen molar-refractivity contribution in [3.8, 4) is 0 Å². The van der Waals surface area contributed by atoms with E-state index in [0.29, 0.717) is 11.4 Å². The third-order valence-corrected chi connectivity index (χ3v) is 3.39. The van der Waals surface area contributed by atoms with E-state index in [2.05, 4.69) is 0 Å². The Labute approximate surface area is 111 Å². The van der Waals surface area contributed by atoms with Crippen LogP contribution in [0.4, 0.5) is 4.39 Å². The van der Waals surface area contributed by atoms with Gasteiger partial charge >= 0.3 is 0 Å². The Morgan fingerprint density at radius 2 is 1.94 bits per heavy atom. The second kappa shape index (κ2) is 5.51. The molecule has 0 aromatic heterocycles. The third kappa shape index (κ3) is 2.89. The predicted octanol–water partition coefficient (Wildman–Crippen LogP) is 4.03. The lowest BCUT2D eigenvalue weighted by atomic mass is 9.97. The molecule has 2 N–H and O–H groups in total.